The number of nitrogens with zero attached hydrogens (tertiary/aromatic N) is 2. The fourth-order valence-electron chi connectivity index (χ4n) is 2.37. The maximum Gasteiger partial charge on any atom is 0.329 e. The minimum Gasteiger partial charge on any atom is -0.480 e. The van der Waals surface area contributed by atoms with Gasteiger partial charge in [0.2, 0.25) is 0 Å². The highest BCUT2D eigenvalue weighted by molar-refractivity contribution is 5.95. The molecule has 0 fully saturated rings. The number of ether oxygens (including phenoxy) is 1. The largest absolute Gasteiger partial charge is 0.480 e. The van der Waals surface area contributed by atoms with Crippen molar-refractivity contribution in [3.8, 4) is 5.69 Å². The van der Waals surface area contributed by atoms with Crippen LogP contribution in [0.15, 0.2) is 30.5 Å². The lowest BCUT2D eigenvalue weighted by molar-refractivity contribution is -0.142. The molecule has 134 valence electrons. The molecule has 2 rings (SSSR count). The SMILES string of the molecule is CC(C)c1c(C(=O)NCCOCC(=O)O)cnn1-c1ccc(F)cc1. The molecule has 1 heterocycles. The highest BCUT2D eigenvalue weighted by Gasteiger charge is 2.20. The third-order valence-electron chi connectivity index (χ3n) is 3.43. The van der Waals surface area contributed by atoms with Crippen LogP contribution in [0.25, 0.3) is 5.69 Å². The van der Waals surface area contributed by atoms with Gasteiger partial charge in [-0.3, -0.25) is 4.79 Å². The average Bonchev–Trinajstić information content (AvgIpc) is 3.00. The van der Waals surface area contributed by atoms with E-state index < -0.39 is 12.6 Å². The Morgan fingerprint density at radius 1 is 1.32 bits per heavy atom. The van der Waals surface area contributed by atoms with Crippen molar-refractivity contribution in [3.05, 3.63) is 47.5 Å². The lowest BCUT2D eigenvalue weighted by atomic mass is 10.1. The number of benzene rings is 1. The fraction of sp³-hybridized carbons (Fsp3) is 0.353. The molecule has 0 saturated heterocycles. The van der Waals surface area contributed by atoms with Crippen molar-refractivity contribution in [2.24, 2.45) is 0 Å². The van der Waals surface area contributed by atoms with E-state index in [9.17, 15) is 14.0 Å². The van der Waals surface area contributed by atoms with E-state index >= 15 is 0 Å². The number of hydrogen-bond acceptors (Lipinski definition) is 4. The zero-order valence-electron chi connectivity index (χ0n) is 14.0. The summed E-state index contributed by atoms with van der Waals surface area (Å²) in [6.07, 6.45) is 1.46. The van der Waals surface area contributed by atoms with Crippen LogP contribution in [0, 0.1) is 5.82 Å². The van der Waals surface area contributed by atoms with Crippen molar-refractivity contribution in [2.45, 2.75) is 19.8 Å². The third kappa shape index (κ3) is 4.87. The lowest BCUT2D eigenvalue weighted by Crippen LogP contribution is -2.28. The summed E-state index contributed by atoms with van der Waals surface area (Å²) in [4.78, 5) is 22.7. The van der Waals surface area contributed by atoms with Crippen molar-refractivity contribution >= 4 is 11.9 Å². The highest BCUT2D eigenvalue weighted by atomic mass is 19.1. The second-order valence-electron chi connectivity index (χ2n) is 5.69. The predicted molar refractivity (Wildman–Crippen MR) is 88.4 cm³/mol. The predicted octanol–water partition coefficient (Wildman–Crippen LogP) is 1.97. The first-order valence-electron chi connectivity index (χ1n) is 7.81. The molecule has 0 aliphatic rings. The van der Waals surface area contributed by atoms with Crippen molar-refractivity contribution in [1.82, 2.24) is 15.1 Å². The van der Waals surface area contributed by atoms with Gasteiger partial charge < -0.3 is 15.2 Å². The number of aromatic nitrogens is 2. The summed E-state index contributed by atoms with van der Waals surface area (Å²) in [5, 5.41) is 15.4. The van der Waals surface area contributed by atoms with Crippen LogP contribution in [0.2, 0.25) is 0 Å². The normalized spacial score (nSPS) is 10.9. The summed E-state index contributed by atoms with van der Waals surface area (Å²) in [7, 11) is 0. The number of nitrogens with one attached hydrogen (secondary N) is 1. The van der Waals surface area contributed by atoms with Gasteiger partial charge in [-0.05, 0) is 30.2 Å². The number of carboxylic acid groups (broad SMARTS) is 1. The van der Waals surface area contributed by atoms with Gasteiger partial charge in [-0.15, -0.1) is 0 Å². The van der Waals surface area contributed by atoms with E-state index in [1.165, 1.54) is 18.3 Å². The van der Waals surface area contributed by atoms with Crippen LogP contribution in [-0.4, -0.2) is 46.5 Å². The number of carboxylic acids is 1. The molecule has 1 amide bonds. The molecule has 1 aromatic carbocycles. The minimum atomic E-state index is -1.06. The molecule has 0 unspecified atom stereocenters. The summed E-state index contributed by atoms with van der Waals surface area (Å²) in [6.45, 7) is 3.75. The van der Waals surface area contributed by atoms with Crippen LogP contribution in [0.4, 0.5) is 4.39 Å². The Balaban J connectivity index is 2.11. The van der Waals surface area contributed by atoms with Gasteiger partial charge in [0, 0.05) is 6.54 Å². The second kappa shape index (κ2) is 8.39. The van der Waals surface area contributed by atoms with Crippen molar-refractivity contribution in [1.29, 1.82) is 0 Å². The molecule has 1 aromatic heterocycles. The van der Waals surface area contributed by atoms with Crippen LogP contribution in [0.1, 0.15) is 35.8 Å². The smallest absolute Gasteiger partial charge is 0.329 e. The van der Waals surface area contributed by atoms with Crippen molar-refractivity contribution in [3.63, 3.8) is 0 Å². The van der Waals surface area contributed by atoms with Gasteiger partial charge in [0.1, 0.15) is 12.4 Å². The Morgan fingerprint density at radius 3 is 2.60 bits per heavy atom. The molecule has 0 radical (unpaired) electrons. The Hall–Kier alpha value is -2.74. The standard InChI is InChI=1S/C17H20FN3O4/c1-11(2)16-14(17(24)19-7-8-25-10-15(22)23)9-20-21(16)13-5-3-12(18)4-6-13/h3-6,9,11H,7-8,10H2,1-2H3,(H,19,24)(H,22,23). The van der Waals surface area contributed by atoms with Crippen LogP contribution >= 0.6 is 0 Å². The summed E-state index contributed by atoms with van der Waals surface area (Å²) in [6, 6.07) is 5.85. The Kier molecular flexibility index (Phi) is 6.24. The Bertz CT molecular complexity index is 741. The number of hydrogen-bond donors (Lipinski definition) is 2. The van der Waals surface area contributed by atoms with Crippen LogP contribution in [0.5, 0.6) is 0 Å². The first kappa shape index (κ1) is 18.6. The molecule has 0 spiro atoms. The molecule has 2 N–H and O–H groups in total. The molecule has 0 saturated carbocycles. The van der Waals surface area contributed by atoms with Gasteiger partial charge in [-0.1, -0.05) is 13.8 Å². The van der Waals surface area contributed by atoms with Crippen molar-refractivity contribution in [2.75, 3.05) is 19.8 Å². The van der Waals surface area contributed by atoms with E-state index in [1.54, 1.807) is 16.8 Å². The highest BCUT2D eigenvalue weighted by Crippen LogP contribution is 2.23. The molecular weight excluding hydrogens is 329 g/mol. The van der Waals surface area contributed by atoms with Gasteiger partial charge >= 0.3 is 5.97 Å². The van der Waals surface area contributed by atoms with Crippen molar-refractivity contribution < 1.29 is 23.8 Å². The molecule has 2 aromatic rings. The van der Waals surface area contributed by atoms with E-state index in [-0.39, 0.29) is 30.8 Å². The Labute approximate surface area is 144 Å². The summed E-state index contributed by atoms with van der Waals surface area (Å²) in [5.74, 6) is -1.72. The topological polar surface area (TPSA) is 93.4 Å². The molecule has 0 aliphatic carbocycles. The monoisotopic (exact) mass is 349 g/mol. The van der Waals surface area contributed by atoms with Crippen LogP contribution in [0.3, 0.4) is 0 Å². The molecule has 8 heteroatoms. The van der Waals surface area contributed by atoms with E-state index in [2.05, 4.69) is 10.4 Å². The zero-order valence-corrected chi connectivity index (χ0v) is 14.0. The zero-order chi connectivity index (χ0) is 18.4. The van der Waals surface area contributed by atoms with Gasteiger partial charge in [0.05, 0.1) is 29.7 Å². The van der Waals surface area contributed by atoms with Crippen LogP contribution < -0.4 is 5.32 Å². The average molecular weight is 349 g/mol. The van der Waals surface area contributed by atoms with Gasteiger partial charge in [-0.25, -0.2) is 13.9 Å². The van der Waals surface area contributed by atoms with E-state index in [4.69, 9.17) is 9.84 Å². The van der Waals surface area contributed by atoms with E-state index in [0.29, 0.717) is 16.9 Å². The molecule has 25 heavy (non-hydrogen) atoms. The number of aliphatic carboxylic acids is 1. The Morgan fingerprint density at radius 2 is 2.00 bits per heavy atom. The third-order valence-corrected chi connectivity index (χ3v) is 3.43. The maximum atomic E-state index is 13.1. The molecule has 0 bridgehead atoms. The number of amides is 1. The minimum absolute atomic E-state index is 0.0107. The van der Waals surface area contributed by atoms with Gasteiger partial charge in [0.15, 0.2) is 0 Å². The molecule has 0 aliphatic heterocycles. The van der Waals surface area contributed by atoms with Gasteiger partial charge in [0.25, 0.3) is 5.91 Å². The van der Waals surface area contributed by atoms with E-state index in [1.807, 2.05) is 13.8 Å². The number of carbonyl (C=O) groups is 2. The first-order chi connectivity index (χ1) is 11.9. The summed E-state index contributed by atoms with van der Waals surface area (Å²) in [5.41, 5.74) is 1.78. The maximum absolute atomic E-state index is 13.1. The second-order valence-corrected chi connectivity index (χ2v) is 5.69. The summed E-state index contributed by atoms with van der Waals surface area (Å²) < 4.78 is 19.6. The first-order valence-corrected chi connectivity index (χ1v) is 7.81. The van der Waals surface area contributed by atoms with E-state index in [0.717, 1.165) is 0 Å². The number of rotatable bonds is 8. The molecule has 0 atom stereocenters. The van der Waals surface area contributed by atoms with Gasteiger partial charge in [-0.2, -0.15) is 5.10 Å². The summed E-state index contributed by atoms with van der Waals surface area (Å²) >= 11 is 0. The number of halogens is 1. The number of carbonyl (C=O) groups excluding carboxylic acids is 1. The molecule has 7 nitrogen and oxygen atoms in total. The fourth-order valence-corrected chi connectivity index (χ4v) is 2.37. The quantitative estimate of drug-likeness (QED) is 0.711. The molecular formula is C17H20FN3O4. The lowest BCUT2D eigenvalue weighted by Gasteiger charge is -2.13. The van der Waals surface area contributed by atoms with Crippen LogP contribution in [-0.2, 0) is 9.53 Å².